The molecule has 4 aliphatic heterocycles. The zero-order valence-corrected chi connectivity index (χ0v) is 55.7. The minimum absolute atomic E-state index is 0.0777. The van der Waals surface area contributed by atoms with Crippen LogP contribution in [0.15, 0.2) is 86.0 Å². The summed E-state index contributed by atoms with van der Waals surface area (Å²) in [5, 5.41) is 42.1. The van der Waals surface area contributed by atoms with Crippen molar-refractivity contribution in [2.24, 2.45) is 7.05 Å². The first kappa shape index (κ1) is 60.7. The average molecular weight is 1280 g/mol. The van der Waals surface area contributed by atoms with E-state index < -0.39 is 0 Å². The molecule has 470 valence electrons. The number of imidazole rings is 2. The molecular formula is C67H73N21OS3. The molecule has 16 rings (SSSR count). The normalized spacial score (nSPS) is 18.8. The van der Waals surface area contributed by atoms with Crippen LogP contribution in [0.2, 0.25) is 0 Å². The van der Waals surface area contributed by atoms with E-state index >= 15 is 0 Å². The lowest BCUT2D eigenvalue weighted by atomic mass is 9.79. The molecule has 0 saturated carbocycles. The van der Waals surface area contributed by atoms with Crippen LogP contribution >= 0.6 is 34.0 Å². The maximum Gasteiger partial charge on any atom is 0.187 e. The molecule has 0 amide bonds. The largest absolute Gasteiger partial charge is 0.494 e. The highest BCUT2D eigenvalue weighted by molar-refractivity contribution is 7.22. The highest BCUT2D eigenvalue weighted by Gasteiger charge is 2.40. The van der Waals surface area contributed by atoms with Gasteiger partial charge in [-0.2, -0.15) is 15.6 Å². The number of pyridine rings is 4. The third-order valence-corrected chi connectivity index (χ3v) is 21.1. The molecule has 25 heteroatoms. The third kappa shape index (κ3) is 12.4. The molecule has 15 heterocycles. The highest BCUT2D eigenvalue weighted by Crippen LogP contribution is 2.39. The predicted molar refractivity (Wildman–Crippen MR) is 367 cm³/mol. The zero-order chi connectivity index (χ0) is 63.7. The van der Waals surface area contributed by atoms with E-state index in [4.69, 9.17) is 24.7 Å². The number of hydrogen-bond donors (Lipinski definition) is 4. The van der Waals surface area contributed by atoms with Gasteiger partial charge in [0.2, 0.25) is 0 Å². The summed E-state index contributed by atoms with van der Waals surface area (Å²) in [6.07, 6.45) is 24.6. The van der Waals surface area contributed by atoms with Crippen molar-refractivity contribution in [3.05, 3.63) is 108 Å². The number of thiazole rings is 3. The number of methoxy groups -OCH3 is 1. The summed E-state index contributed by atoms with van der Waals surface area (Å²) < 4.78 is 13.4. The quantitative estimate of drug-likeness (QED) is 0.0992. The van der Waals surface area contributed by atoms with Crippen molar-refractivity contribution in [2.45, 2.75) is 134 Å². The second-order valence-electron chi connectivity index (χ2n) is 26.2. The van der Waals surface area contributed by atoms with Crippen molar-refractivity contribution in [2.75, 3.05) is 49.4 Å². The molecular weight excluding hydrogens is 1210 g/mol. The lowest BCUT2D eigenvalue weighted by Gasteiger charge is -2.48. The van der Waals surface area contributed by atoms with Crippen LogP contribution in [0.1, 0.15) is 102 Å². The topological polar surface area (TPSA) is 254 Å². The van der Waals surface area contributed by atoms with Crippen molar-refractivity contribution in [1.29, 1.82) is 10.5 Å². The third-order valence-electron chi connectivity index (χ3n) is 18.0. The monoisotopic (exact) mass is 1280 g/mol. The lowest BCUT2D eigenvalue weighted by molar-refractivity contribution is 0.161. The van der Waals surface area contributed by atoms with Crippen LogP contribution in [-0.4, -0.2) is 139 Å². The van der Waals surface area contributed by atoms with Crippen molar-refractivity contribution in [3.8, 4) is 51.8 Å². The summed E-state index contributed by atoms with van der Waals surface area (Å²) in [4.78, 5) is 47.5. The van der Waals surface area contributed by atoms with Gasteiger partial charge in [-0.05, 0) is 142 Å². The maximum atomic E-state index is 9.54. The van der Waals surface area contributed by atoms with Gasteiger partial charge < -0.3 is 44.6 Å². The van der Waals surface area contributed by atoms with Gasteiger partial charge >= 0.3 is 0 Å². The summed E-state index contributed by atoms with van der Waals surface area (Å²) in [7, 11) is 7.85. The molecule has 11 aromatic heterocycles. The fraction of sp³-hybridized carbons (Fsp3) is 0.403. The first-order valence-electron chi connectivity index (χ1n) is 31.3. The van der Waals surface area contributed by atoms with Crippen molar-refractivity contribution >= 4 is 102 Å². The number of ether oxygens (including phenoxy) is 1. The SMILES string of the molecule is COc1cc(-c2ncc3nc(N(C)C4CC(C)(C)NC(C)(C)C4)sc3n2)cc2cn(C)nc12.Cc1cn2cc(-c3cc4sc(N(C)C5CCNCC5)nc4cn3)cc(C#N)c2n1.Cc1cn2cc(-c3cc4sc(NC5CC6CCC(C5)N6)nc4cn3)cc(C#N)c2n1. The first-order valence-corrected chi connectivity index (χ1v) is 33.7. The van der Waals surface area contributed by atoms with Gasteiger partial charge in [-0.1, -0.05) is 34.0 Å². The number of nitriles is 2. The van der Waals surface area contributed by atoms with Crippen LogP contribution in [0.3, 0.4) is 0 Å². The number of nitrogens with one attached hydrogen (secondary N) is 4. The molecule has 4 aliphatic rings. The van der Waals surface area contributed by atoms with Gasteiger partial charge in [0, 0.05) is 115 Å². The molecule has 4 fully saturated rings. The number of anilines is 3. The Kier molecular flexibility index (Phi) is 16.1. The van der Waals surface area contributed by atoms with Gasteiger partial charge in [0.15, 0.2) is 32.5 Å². The summed E-state index contributed by atoms with van der Waals surface area (Å²) in [6, 6.07) is 19.1. The number of nitrogens with zero attached hydrogens (tertiary/aromatic N) is 17. The Morgan fingerprint density at radius 2 is 1.22 bits per heavy atom. The number of aromatic nitrogens is 13. The minimum atomic E-state index is 0.0777. The molecule has 0 radical (unpaired) electrons. The Balaban J connectivity index is 0.000000120. The Morgan fingerprint density at radius 1 is 0.641 bits per heavy atom. The minimum Gasteiger partial charge on any atom is -0.494 e. The van der Waals surface area contributed by atoms with E-state index in [0.29, 0.717) is 64.2 Å². The number of piperidine rings is 3. The van der Waals surface area contributed by atoms with Crippen LogP contribution in [0.4, 0.5) is 15.4 Å². The van der Waals surface area contributed by atoms with Crippen molar-refractivity contribution in [1.82, 2.24) is 79.4 Å². The number of hydrogen-bond acceptors (Lipinski definition) is 22. The van der Waals surface area contributed by atoms with Gasteiger partial charge in [0.1, 0.15) is 44.8 Å². The van der Waals surface area contributed by atoms with Crippen LogP contribution in [0.5, 0.6) is 5.75 Å². The number of fused-ring (bicyclic) bond motifs is 8. The van der Waals surface area contributed by atoms with Crippen LogP contribution in [0.25, 0.3) is 86.9 Å². The van der Waals surface area contributed by atoms with E-state index in [2.05, 4.69) is 133 Å². The van der Waals surface area contributed by atoms with Crippen LogP contribution in [-0.2, 0) is 7.05 Å². The average Bonchev–Trinajstić information content (AvgIpc) is 1.69. The molecule has 4 N–H and O–H groups in total. The van der Waals surface area contributed by atoms with Gasteiger partial charge in [0.05, 0.1) is 69.0 Å². The molecule has 0 aliphatic carbocycles. The van der Waals surface area contributed by atoms with Gasteiger partial charge in [0.25, 0.3) is 0 Å². The van der Waals surface area contributed by atoms with Gasteiger partial charge in [-0.3, -0.25) is 14.6 Å². The van der Waals surface area contributed by atoms with Gasteiger partial charge in [-0.15, -0.1) is 0 Å². The fourth-order valence-corrected chi connectivity index (χ4v) is 16.9. The molecule has 22 nitrogen and oxygen atoms in total. The second-order valence-corrected chi connectivity index (χ2v) is 29.2. The molecule has 4 saturated heterocycles. The molecule has 2 atom stereocenters. The number of aryl methyl sites for hydroxylation is 3. The van der Waals surface area contributed by atoms with E-state index in [-0.39, 0.29) is 11.1 Å². The molecule has 2 bridgehead atoms. The number of benzene rings is 1. The van der Waals surface area contributed by atoms with E-state index in [1.165, 1.54) is 12.8 Å². The lowest BCUT2D eigenvalue weighted by Crippen LogP contribution is -2.61. The smallest absolute Gasteiger partial charge is 0.187 e. The summed E-state index contributed by atoms with van der Waals surface area (Å²) in [6.45, 7) is 15.1. The molecule has 1 aromatic carbocycles. The highest BCUT2D eigenvalue weighted by atomic mass is 32.1. The molecule has 92 heavy (non-hydrogen) atoms. The van der Waals surface area contributed by atoms with Gasteiger partial charge in [-0.25, -0.2) is 34.9 Å². The molecule has 0 spiro atoms. The van der Waals surface area contributed by atoms with Crippen LogP contribution in [0, 0.1) is 36.5 Å². The summed E-state index contributed by atoms with van der Waals surface area (Å²) >= 11 is 4.99. The standard InChI is InChI=1S/C24H31N7OS.C22H21N7S.C21H21N7S/c1-23(2)10-16(11-24(3,4)29-23)31(6)22-26-17-12-25-20(27-21(17)33-22)14-8-15-13-30(5)28-19(15)18(9-14)32-7;1-12-10-29-11-14(4-13(8-23)21(29)25-12)18-7-20-19(9-24-18)28-22(30-20)27-17-5-15-2-3-16(6-17)26-15;1-13-11-28-12-15(7-14(9-22)20(28)25-13)17-8-19-18(10-24-17)26-21(29-19)27(2)16-3-5-23-6-4-16/h8-9,12-13,16,29H,10-11H2,1-7H3;4,7,9-11,15-17,26H,2-3,5-6H2,1H3,(H,27,28);7-8,10-12,16,23H,3-6H2,1-2H3. The molecule has 2 unspecified atom stereocenters. The predicted octanol–water partition coefficient (Wildman–Crippen LogP) is 11.6. The summed E-state index contributed by atoms with van der Waals surface area (Å²) in [5.74, 6) is 1.38. The Morgan fingerprint density at radius 3 is 1.84 bits per heavy atom. The second kappa shape index (κ2) is 24.3. The zero-order valence-electron chi connectivity index (χ0n) is 53.3. The molecule has 12 aromatic rings. The maximum absolute atomic E-state index is 9.54. The van der Waals surface area contributed by atoms with E-state index in [0.717, 1.165) is 148 Å². The summed E-state index contributed by atoms with van der Waals surface area (Å²) in [5.41, 5.74) is 12.2. The first-order chi connectivity index (χ1) is 44.3. The number of rotatable bonds is 10. The Bertz CT molecular complexity index is 4830. The van der Waals surface area contributed by atoms with E-state index in [9.17, 15) is 10.5 Å². The van der Waals surface area contributed by atoms with E-state index in [1.54, 1.807) is 45.8 Å². The fourth-order valence-electron chi connectivity index (χ4n) is 14.0. The van der Waals surface area contributed by atoms with E-state index in [1.807, 2.05) is 97.5 Å². The Labute approximate surface area is 544 Å². The van der Waals surface area contributed by atoms with Crippen molar-refractivity contribution in [3.63, 3.8) is 0 Å². The Hall–Kier alpha value is -8.82. The van der Waals surface area contributed by atoms with Crippen molar-refractivity contribution < 1.29 is 4.74 Å². The van der Waals surface area contributed by atoms with Crippen LogP contribution < -0.4 is 35.8 Å².